The minimum Gasteiger partial charge on any atom is -0.489 e. The van der Waals surface area contributed by atoms with Crippen molar-refractivity contribution in [1.82, 2.24) is 4.90 Å². The monoisotopic (exact) mass is 335 g/mol. The molecule has 2 aromatic rings. The van der Waals surface area contributed by atoms with Crippen molar-refractivity contribution < 1.29 is 9.53 Å². The number of nitrogens with zero attached hydrogens (tertiary/aromatic N) is 1. The summed E-state index contributed by atoms with van der Waals surface area (Å²) in [6.45, 7) is 3.31. The third-order valence-electron chi connectivity index (χ3n) is 5.59. The summed E-state index contributed by atoms with van der Waals surface area (Å²) in [6, 6.07) is 17.7. The molecule has 1 aliphatic heterocycles. The van der Waals surface area contributed by atoms with Gasteiger partial charge < -0.3 is 4.74 Å². The Morgan fingerprint density at radius 2 is 1.64 bits per heavy atom. The van der Waals surface area contributed by atoms with Crippen LogP contribution in [0, 0.1) is 11.8 Å². The number of carbonyl (C=O) groups excluding carboxylic acids is 1. The van der Waals surface area contributed by atoms with E-state index in [1.807, 2.05) is 54.6 Å². The Morgan fingerprint density at radius 3 is 2.32 bits per heavy atom. The summed E-state index contributed by atoms with van der Waals surface area (Å²) in [7, 11) is 0. The number of carbonyl (C=O) groups is 1. The first-order valence-corrected chi connectivity index (χ1v) is 9.30. The maximum atomic E-state index is 12.5. The van der Waals surface area contributed by atoms with Crippen LogP contribution in [-0.4, -0.2) is 30.3 Å². The van der Waals surface area contributed by atoms with E-state index >= 15 is 0 Å². The molecule has 0 N–H and O–H groups in total. The third-order valence-corrected chi connectivity index (χ3v) is 5.59. The van der Waals surface area contributed by atoms with Gasteiger partial charge >= 0.3 is 0 Å². The zero-order valence-electron chi connectivity index (χ0n) is 14.6. The molecule has 0 spiro atoms. The average Bonchev–Trinajstić information content (AvgIpc) is 3.23. The number of hydrogen-bond donors (Lipinski definition) is 0. The predicted octanol–water partition coefficient (Wildman–Crippen LogP) is 4.18. The molecule has 1 saturated carbocycles. The van der Waals surface area contributed by atoms with Crippen LogP contribution in [0.2, 0.25) is 0 Å². The Balaban J connectivity index is 1.30. The van der Waals surface area contributed by atoms with E-state index < -0.39 is 0 Å². The Morgan fingerprint density at radius 1 is 0.960 bits per heavy atom. The van der Waals surface area contributed by atoms with E-state index in [1.54, 1.807) is 0 Å². The zero-order chi connectivity index (χ0) is 17.1. The number of likely N-dealkylation sites (tertiary alicyclic amines) is 1. The summed E-state index contributed by atoms with van der Waals surface area (Å²) in [5.74, 6) is 2.69. The highest BCUT2D eigenvalue weighted by molar-refractivity contribution is 5.97. The number of fused-ring (bicyclic) bond motifs is 1. The number of ether oxygens (including phenoxy) is 1. The van der Waals surface area contributed by atoms with Crippen LogP contribution < -0.4 is 4.74 Å². The molecule has 130 valence electrons. The number of Topliss-reactive ketones (excluding diaryl/α,β-unsaturated/α-hetero) is 1. The van der Waals surface area contributed by atoms with Crippen molar-refractivity contribution in [3.05, 3.63) is 65.7 Å². The van der Waals surface area contributed by atoms with Crippen molar-refractivity contribution in [2.45, 2.75) is 25.9 Å². The summed E-state index contributed by atoms with van der Waals surface area (Å²) in [5.41, 5.74) is 1.92. The van der Waals surface area contributed by atoms with Gasteiger partial charge in [0.1, 0.15) is 12.4 Å². The second-order valence-electron chi connectivity index (χ2n) is 7.37. The van der Waals surface area contributed by atoms with Crippen LogP contribution in [0.3, 0.4) is 0 Å². The maximum Gasteiger partial charge on any atom is 0.176 e. The first kappa shape index (κ1) is 16.3. The quantitative estimate of drug-likeness (QED) is 0.742. The molecule has 1 heterocycles. The van der Waals surface area contributed by atoms with Gasteiger partial charge in [0.2, 0.25) is 0 Å². The van der Waals surface area contributed by atoms with E-state index in [0.717, 1.165) is 41.8 Å². The number of ketones is 1. The van der Waals surface area contributed by atoms with Crippen LogP contribution in [0.25, 0.3) is 0 Å². The van der Waals surface area contributed by atoms with Crippen LogP contribution in [0.5, 0.6) is 5.75 Å². The van der Waals surface area contributed by atoms with Gasteiger partial charge in [0.05, 0.1) is 6.54 Å². The molecular weight excluding hydrogens is 310 g/mol. The van der Waals surface area contributed by atoms with Gasteiger partial charge in [-0.25, -0.2) is 0 Å². The Bertz CT molecular complexity index is 699. The van der Waals surface area contributed by atoms with Crippen LogP contribution >= 0.6 is 0 Å². The van der Waals surface area contributed by atoms with Crippen molar-refractivity contribution in [2.75, 3.05) is 19.6 Å². The van der Waals surface area contributed by atoms with Crippen LogP contribution in [-0.2, 0) is 6.61 Å². The maximum absolute atomic E-state index is 12.5. The zero-order valence-corrected chi connectivity index (χ0v) is 14.6. The summed E-state index contributed by atoms with van der Waals surface area (Å²) >= 11 is 0. The van der Waals surface area contributed by atoms with E-state index in [9.17, 15) is 4.79 Å². The topological polar surface area (TPSA) is 29.5 Å². The lowest BCUT2D eigenvalue weighted by Crippen LogP contribution is -2.28. The molecule has 0 amide bonds. The fourth-order valence-corrected chi connectivity index (χ4v) is 4.23. The fraction of sp³-hybridized carbons (Fsp3) is 0.409. The number of benzene rings is 2. The van der Waals surface area contributed by atoms with E-state index in [1.165, 1.54) is 19.3 Å². The predicted molar refractivity (Wildman–Crippen MR) is 98.8 cm³/mol. The molecule has 3 nitrogen and oxygen atoms in total. The number of rotatable bonds is 6. The molecular formula is C22H25NO2. The summed E-state index contributed by atoms with van der Waals surface area (Å²) in [5, 5.41) is 0. The highest BCUT2D eigenvalue weighted by Crippen LogP contribution is 2.37. The molecule has 4 rings (SSSR count). The molecule has 2 fully saturated rings. The van der Waals surface area contributed by atoms with Crippen molar-refractivity contribution in [1.29, 1.82) is 0 Å². The highest BCUT2D eigenvalue weighted by atomic mass is 16.5. The Labute approximate surface area is 149 Å². The highest BCUT2D eigenvalue weighted by Gasteiger charge is 2.36. The van der Waals surface area contributed by atoms with Gasteiger partial charge in [0, 0.05) is 18.7 Å². The summed E-state index contributed by atoms with van der Waals surface area (Å²) in [4.78, 5) is 14.9. The summed E-state index contributed by atoms with van der Waals surface area (Å²) < 4.78 is 5.79. The first-order valence-electron chi connectivity index (χ1n) is 9.30. The number of hydrogen-bond acceptors (Lipinski definition) is 3. The SMILES string of the molecule is O=C(CN1CC2CCC[C@@H]2C1)c1ccc(OCc2ccccc2)cc1. The molecule has 1 aliphatic carbocycles. The molecule has 0 radical (unpaired) electrons. The van der Waals surface area contributed by atoms with Crippen LogP contribution in [0.15, 0.2) is 54.6 Å². The lowest BCUT2D eigenvalue weighted by Gasteiger charge is -2.15. The van der Waals surface area contributed by atoms with Crippen LogP contribution in [0.1, 0.15) is 35.2 Å². The van der Waals surface area contributed by atoms with E-state index in [2.05, 4.69) is 4.90 Å². The van der Waals surface area contributed by atoms with Gasteiger partial charge in [-0.15, -0.1) is 0 Å². The van der Waals surface area contributed by atoms with Gasteiger partial charge in [-0.3, -0.25) is 9.69 Å². The minimum absolute atomic E-state index is 0.217. The largest absolute Gasteiger partial charge is 0.489 e. The second-order valence-corrected chi connectivity index (χ2v) is 7.37. The van der Waals surface area contributed by atoms with Crippen molar-refractivity contribution in [3.63, 3.8) is 0 Å². The smallest absolute Gasteiger partial charge is 0.176 e. The lowest BCUT2D eigenvalue weighted by molar-refractivity contribution is 0.0941. The lowest BCUT2D eigenvalue weighted by atomic mass is 10.0. The Kier molecular flexibility index (Phi) is 4.84. The van der Waals surface area contributed by atoms with E-state index in [-0.39, 0.29) is 5.78 Å². The van der Waals surface area contributed by atoms with Crippen molar-refractivity contribution in [3.8, 4) is 5.75 Å². The molecule has 3 heteroatoms. The second kappa shape index (κ2) is 7.40. The molecule has 1 unspecified atom stereocenters. The van der Waals surface area contributed by atoms with E-state index in [0.29, 0.717) is 13.2 Å². The summed E-state index contributed by atoms with van der Waals surface area (Å²) in [6.07, 6.45) is 4.08. The standard InChI is InChI=1S/C22H25NO2/c24-22(15-23-13-19-7-4-8-20(19)14-23)18-9-11-21(12-10-18)25-16-17-5-2-1-3-6-17/h1-3,5-6,9-12,19-20H,4,7-8,13-16H2/t19-,20?/m1/s1. The van der Waals surface area contributed by atoms with Gasteiger partial charge in [-0.2, -0.15) is 0 Å². The van der Waals surface area contributed by atoms with Gasteiger partial charge in [0.15, 0.2) is 5.78 Å². The average molecular weight is 335 g/mol. The molecule has 0 bridgehead atoms. The Hall–Kier alpha value is -2.13. The molecule has 1 saturated heterocycles. The molecule has 25 heavy (non-hydrogen) atoms. The van der Waals surface area contributed by atoms with Gasteiger partial charge in [-0.1, -0.05) is 36.8 Å². The first-order chi connectivity index (χ1) is 12.3. The fourth-order valence-electron chi connectivity index (χ4n) is 4.23. The molecule has 0 aromatic heterocycles. The van der Waals surface area contributed by atoms with Gasteiger partial charge in [-0.05, 0) is 54.5 Å². The van der Waals surface area contributed by atoms with Crippen LogP contribution in [0.4, 0.5) is 0 Å². The van der Waals surface area contributed by atoms with Crippen molar-refractivity contribution in [2.24, 2.45) is 11.8 Å². The normalized spacial score (nSPS) is 22.7. The molecule has 2 aromatic carbocycles. The minimum atomic E-state index is 0.217. The van der Waals surface area contributed by atoms with E-state index in [4.69, 9.17) is 4.74 Å². The molecule has 2 atom stereocenters. The van der Waals surface area contributed by atoms with Gasteiger partial charge in [0.25, 0.3) is 0 Å². The van der Waals surface area contributed by atoms with Crippen molar-refractivity contribution >= 4 is 5.78 Å². The molecule has 2 aliphatic rings. The third kappa shape index (κ3) is 3.93.